The Morgan fingerprint density at radius 3 is 2.29 bits per heavy atom. The zero-order valence-electron chi connectivity index (χ0n) is 19.3. The molecule has 6 nitrogen and oxygen atoms in total. The number of aliphatic imine (C=N–C) groups is 1. The van der Waals surface area contributed by atoms with Gasteiger partial charge in [-0.25, -0.2) is 0 Å². The summed E-state index contributed by atoms with van der Waals surface area (Å²) in [6, 6.07) is 22.1. The maximum Gasteiger partial charge on any atom is 0.261 e. The summed E-state index contributed by atoms with van der Waals surface area (Å²) in [6.45, 7) is 3.81. The molecule has 0 saturated carbocycles. The third kappa shape index (κ3) is 5.18. The van der Waals surface area contributed by atoms with Gasteiger partial charge < -0.3 is 4.74 Å². The van der Waals surface area contributed by atoms with Gasteiger partial charge in [0.05, 0.1) is 24.2 Å². The molecule has 1 aliphatic heterocycles. The molecule has 0 fully saturated rings. The van der Waals surface area contributed by atoms with Crippen molar-refractivity contribution in [2.24, 2.45) is 16.0 Å². The number of anilines is 1. The van der Waals surface area contributed by atoms with Gasteiger partial charge in [0.2, 0.25) is 0 Å². The van der Waals surface area contributed by atoms with Crippen LogP contribution < -0.4 is 9.75 Å². The molecular weight excluding hydrogens is 426 g/mol. The second kappa shape index (κ2) is 10.1. The summed E-state index contributed by atoms with van der Waals surface area (Å²) in [6.07, 6.45) is 4.91. The second-order valence-electron chi connectivity index (χ2n) is 8.00. The first kappa shape index (κ1) is 22.9. The number of rotatable bonds is 7. The van der Waals surface area contributed by atoms with E-state index in [9.17, 15) is 9.59 Å². The van der Waals surface area contributed by atoms with Gasteiger partial charge in [0, 0.05) is 11.8 Å². The number of hydrazone groups is 1. The van der Waals surface area contributed by atoms with E-state index in [1.807, 2.05) is 62.4 Å². The van der Waals surface area contributed by atoms with Gasteiger partial charge in [-0.15, -0.1) is 0 Å². The summed E-state index contributed by atoms with van der Waals surface area (Å²) in [5.41, 5.74) is 4.66. The molecule has 0 aliphatic carbocycles. The first-order chi connectivity index (χ1) is 16.4. The van der Waals surface area contributed by atoms with Crippen molar-refractivity contribution in [2.45, 2.75) is 13.8 Å². The second-order valence-corrected chi connectivity index (χ2v) is 8.00. The molecule has 0 saturated heterocycles. The topological polar surface area (TPSA) is 71.3 Å². The highest BCUT2D eigenvalue weighted by Gasteiger charge is 2.33. The van der Waals surface area contributed by atoms with Gasteiger partial charge in [0.25, 0.3) is 5.91 Å². The highest BCUT2D eigenvalue weighted by atomic mass is 16.5. The number of allylic oxidation sites excluding steroid dienone is 1. The predicted octanol–water partition coefficient (Wildman–Crippen LogP) is 5.64. The third-order valence-electron chi connectivity index (χ3n) is 5.53. The number of ketones is 1. The number of carbonyl (C=O) groups excluding carboxylic acids is 2. The summed E-state index contributed by atoms with van der Waals surface area (Å²) in [5, 5.41) is 5.82. The maximum atomic E-state index is 12.9. The quantitative estimate of drug-likeness (QED) is 0.265. The largest absolute Gasteiger partial charge is 0.497 e. The standard InChI is InChI=1S/C28H25N3O3/c1-19-4-13-24(14-5-19)31-28(33)26(20(2)30-31)18-29-23-11-9-22(10-12-23)27(32)17-8-21-6-15-25(34-3)16-7-21/h4-18,26H,1-3H3/b17-8+,29-18?. The Morgan fingerprint density at radius 2 is 1.65 bits per heavy atom. The van der Waals surface area contributed by atoms with Crippen molar-refractivity contribution in [2.75, 3.05) is 12.1 Å². The van der Waals surface area contributed by atoms with Gasteiger partial charge in [-0.3, -0.25) is 14.6 Å². The summed E-state index contributed by atoms with van der Waals surface area (Å²) >= 11 is 0. The Bertz CT molecular complexity index is 1270. The smallest absolute Gasteiger partial charge is 0.261 e. The average Bonchev–Trinajstić information content (AvgIpc) is 3.15. The molecule has 0 spiro atoms. The van der Waals surface area contributed by atoms with Crippen molar-refractivity contribution in [1.29, 1.82) is 0 Å². The van der Waals surface area contributed by atoms with E-state index in [4.69, 9.17) is 4.74 Å². The molecule has 0 radical (unpaired) electrons. The molecule has 0 aromatic heterocycles. The van der Waals surface area contributed by atoms with Gasteiger partial charge >= 0.3 is 0 Å². The van der Waals surface area contributed by atoms with Crippen LogP contribution >= 0.6 is 0 Å². The highest BCUT2D eigenvalue weighted by Crippen LogP contribution is 2.24. The molecule has 0 N–H and O–H groups in total. The monoisotopic (exact) mass is 451 g/mol. The van der Waals surface area contributed by atoms with Gasteiger partial charge in [-0.2, -0.15) is 10.1 Å². The number of amides is 1. The minimum atomic E-state index is -0.518. The van der Waals surface area contributed by atoms with E-state index < -0.39 is 5.92 Å². The molecule has 34 heavy (non-hydrogen) atoms. The Labute approximate surface area is 198 Å². The highest BCUT2D eigenvalue weighted by molar-refractivity contribution is 6.23. The minimum absolute atomic E-state index is 0.103. The normalized spacial score (nSPS) is 15.9. The fourth-order valence-electron chi connectivity index (χ4n) is 3.48. The van der Waals surface area contributed by atoms with E-state index in [1.54, 1.807) is 43.7 Å². The number of hydrogen-bond donors (Lipinski definition) is 0. The average molecular weight is 452 g/mol. The Hall–Kier alpha value is -4.32. The Morgan fingerprint density at radius 1 is 0.971 bits per heavy atom. The molecule has 170 valence electrons. The number of benzene rings is 3. The molecule has 1 atom stereocenters. The van der Waals surface area contributed by atoms with E-state index in [2.05, 4.69) is 10.1 Å². The number of aryl methyl sites for hydroxylation is 1. The number of methoxy groups -OCH3 is 1. The Kier molecular flexibility index (Phi) is 6.78. The fraction of sp³-hybridized carbons (Fsp3) is 0.143. The van der Waals surface area contributed by atoms with Crippen LogP contribution in [0.25, 0.3) is 6.08 Å². The van der Waals surface area contributed by atoms with E-state index in [1.165, 1.54) is 11.1 Å². The minimum Gasteiger partial charge on any atom is -0.497 e. The molecule has 1 aliphatic rings. The molecule has 0 bridgehead atoms. The third-order valence-corrected chi connectivity index (χ3v) is 5.53. The van der Waals surface area contributed by atoms with Crippen LogP contribution in [-0.2, 0) is 4.79 Å². The summed E-state index contributed by atoms with van der Waals surface area (Å²) in [7, 11) is 1.61. The van der Waals surface area contributed by atoms with E-state index >= 15 is 0 Å². The molecule has 4 rings (SSSR count). The van der Waals surface area contributed by atoms with Crippen LogP contribution in [0.1, 0.15) is 28.4 Å². The molecule has 1 unspecified atom stereocenters. The lowest BCUT2D eigenvalue weighted by Crippen LogP contribution is -2.27. The van der Waals surface area contributed by atoms with Gasteiger partial charge in [0.1, 0.15) is 11.7 Å². The van der Waals surface area contributed by atoms with E-state index in [0.717, 1.165) is 22.6 Å². The van der Waals surface area contributed by atoms with Gasteiger partial charge in [-0.05, 0) is 74.0 Å². The molecule has 3 aromatic rings. The lowest BCUT2D eigenvalue weighted by Gasteiger charge is -2.12. The van der Waals surface area contributed by atoms with Crippen molar-refractivity contribution in [3.8, 4) is 5.75 Å². The van der Waals surface area contributed by atoms with Crippen LogP contribution in [0.2, 0.25) is 0 Å². The van der Waals surface area contributed by atoms with Crippen molar-refractivity contribution < 1.29 is 14.3 Å². The van der Waals surface area contributed by atoms with Crippen LogP contribution in [0.3, 0.4) is 0 Å². The van der Waals surface area contributed by atoms with Crippen molar-refractivity contribution in [3.05, 3.63) is 95.6 Å². The van der Waals surface area contributed by atoms with Crippen molar-refractivity contribution in [3.63, 3.8) is 0 Å². The van der Waals surface area contributed by atoms with Crippen LogP contribution in [0.4, 0.5) is 11.4 Å². The van der Waals surface area contributed by atoms with Gasteiger partial charge in [0.15, 0.2) is 5.78 Å². The van der Waals surface area contributed by atoms with E-state index in [-0.39, 0.29) is 11.7 Å². The fourth-order valence-corrected chi connectivity index (χ4v) is 3.48. The molecule has 1 heterocycles. The van der Waals surface area contributed by atoms with Crippen LogP contribution in [0, 0.1) is 12.8 Å². The molecule has 1 amide bonds. The van der Waals surface area contributed by atoms with Crippen LogP contribution in [0.5, 0.6) is 5.75 Å². The maximum absolute atomic E-state index is 12.9. The first-order valence-corrected chi connectivity index (χ1v) is 10.9. The zero-order valence-corrected chi connectivity index (χ0v) is 19.3. The summed E-state index contributed by atoms with van der Waals surface area (Å²) in [5.74, 6) is 0.00731. The van der Waals surface area contributed by atoms with Gasteiger partial charge in [-0.1, -0.05) is 35.9 Å². The van der Waals surface area contributed by atoms with E-state index in [0.29, 0.717) is 17.0 Å². The molecule has 3 aromatic carbocycles. The SMILES string of the molecule is COc1ccc(/C=C/C(=O)c2ccc(N=CC3C(=O)N(c4ccc(C)cc4)N=C3C)cc2)cc1. The zero-order chi connectivity index (χ0) is 24.1. The molecular formula is C28H25N3O3. The molecule has 6 heteroatoms. The lowest BCUT2D eigenvalue weighted by molar-refractivity contribution is -0.118. The van der Waals surface area contributed by atoms with Crippen molar-refractivity contribution in [1.82, 2.24) is 0 Å². The summed E-state index contributed by atoms with van der Waals surface area (Å²) < 4.78 is 5.14. The number of hydrogen-bond acceptors (Lipinski definition) is 5. The predicted molar refractivity (Wildman–Crippen MR) is 136 cm³/mol. The summed E-state index contributed by atoms with van der Waals surface area (Å²) in [4.78, 5) is 29.8. The number of carbonyl (C=O) groups is 2. The number of ether oxygens (including phenoxy) is 1. The van der Waals surface area contributed by atoms with Crippen molar-refractivity contribution >= 4 is 41.1 Å². The van der Waals surface area contributed by atoms with Crippen LogP contribution in [0.15, 0.2) is 89.0 Å². The Balaban J connectivity index is 1.40. The number of nitrogens with zero attached hydrogens (tertiary/aromatic N) is 3. The lowest BCUT2D eigenvalue weighted by atomic mass is 10.1. The first-order valence-electron chi connectivity index (χ1n) is 10.9. The van der Waals surface area contributed by atoms with Crippen LogP contribution in [-0.4, -0.2) is 30.7 Å².